The molecule has 112 valence electrons. The van der Waals surface area contributed by atoms with Crippen molar-refractivity contribution in [3.63, 3.8) is 0 Å². The highest BCUT2D eigenvalue weighted by atomic mass is 35.5. The minimum atomic E-state index is -0.423. The largest absolute Gasteiger partial charge is 0.335 e. The van der Waals surface area contributed by atoms with Crippen molar-refractivity contribution in [2.24, 2.45) is 5.73 Å². The monoisotopic (exact) mass is 309 g/mol. The number of H-pyrrole nitrogens is 1. The molecule has 1 fully saturated rings. The predicted molar refractivity (Wildman–Crippen MR) is 80.8 cm³/mol. The minimum Gasteiger partial charge on any atom is -0.335 e. The molecule has 2 unspecified atom stereocenters. The Morgan fingerprint density at radius 1 is 1.48 bits per heavy atom. The summed E-state index contributed by atoms with van der Waals surface area (Å²) in [5.41, 5.74) is 6.33. The molecule has 0 spiro atoms. The van der Waals surface area contributed by atoms with Crippen LogP contribution in [0.2, 0.25) is 5.02 Å². The molecule has 21 heavy (non-hydrogen) atoms. The maximum Gasteiger partial charge on any atom is 0.245 e. The number of anilines is 1. The van der Waals surface area contributed by atoms with Crippen LogP contribution in [-0.4, -0.2) is 33.8 Å². The van der Waals surface area contributed by atoms with E-state index in [-0.39, 0.29) is 17.6 Å². The molecular formula is C14H17ClFN5. The molecule has 0 aliphatic carbocycles. The Morgan fingerprint density at radius 3 is 3.05 bits per heavy atom. The van der Waals surface area contributed by atoms with Gasteiger partial charge in [-0.05, 0) is 31.9 Å². The number of nitrogens with zero attached hydrogens (tertiary/aromatic N) is 3. The van der Waals surface area contributed by atoms with Gasteiger partial charge in [0, 0.05) is 18.6 Å². The highest BCUT2D eigenvalue weighted by molar-refractivity contribution is 6.33. The van der Waals surface area contributed by atoms with Crippen LogP contribution in [0, 0.1) is 5.82 Å². The van der Waals surface area contributed by atoms with E-state index in [1.165, 1.54) is 6.07 Å². The Bertz CT molecular complexity index is 624. The lowest BCUT2D eigenvalue weighted by Gasteiger charge is -2.36. The number of aromatic amines is 1. The number of rotatable bonds is 2. The van der Waals surface area contributed by atoms with Crippen molar-refractivity contribution in [2.75, 3.05) is 11.4 Å². The Morgan fingerprint density at radius 2 is 2.29 bits per heavy atom. The second-order valence-corrected chi connectivity index (χ2v) is 5.73. The third-order valence-corrected chi connectivity index (χ3v) is 4.29. The van der Waals surface area contributed by atoms with E-state index in [1.54, 1.807) is 12.1 Å². The lowest BCUT2D eigenvalue weighted by Crippen LogP contribution is -2.50. The van der Waals surface area contributed by atoms with E-state index in [0.717, 1.165) is 19.4 Å². The quantitative estimate of drug-likeness (QED) is 0.894. The number of nitrogens with one attached hydrogen (secondary N) is 1. The zero-order valence-corrected chi connectivity index (χ0v) is 12.4. The third-order valence-electron chi connectivity index (χ3n) is 3.98. The molecule has 2 aromatic rings. The van der Waals surface area contributed by atoms with E-state index >= 15 is 0 Å². The van der Waals surface area contributed by atoms with Crippen LogP contribution in [0.5, 0.6) is 0 Å². The molecule has 2 atom stereocenters. The molecule has 5 nitrogen and oxygen atoms in total. The Kier molecular flexibility index (Phi) is 3.82. The molecule has 0 radical (unpaired) electrons. The molecule has 2 heterocycles. The Balaban J connectivity index is 1.93. The summed E-state index contributed by atoms with van der Waals surface area (Å²) >= 11 is 6.05. The first-order valence-electron chi connectivity index (χ1n) is 6.97. The number of hydrogen-bond acceptors (Lipinski definition) is 4. The second-order valence-electron chi connectivity index (χ2n) is 5.32. The van der Waals surface area contributed by atoms with Crippen LogP contribution in [0.15, 0.2) is 18.2 Å². The molecular weight excluding hydrogens is 293 g/mol. The van der Waals surface area contributed by atoms with Gasteiger partial charge >= 0.3 is 0 Å². The summed E-state index contributed by atoms with van der Waals surface area (Å²) in [5, 5.41) is 7.27. The topological polar surface area (TPSA) is 70.8 Å². The second kappa shape index (κ2) is 5.61. The summed E-state index contributed by atoms with van der Waals surface area (Å²) in [6.07, 6.45) is 1.99. The van der Waals surface area contributed by atoms with Gasteiger partial charge in [0.2, 0.25) is 5.95 Å². The highest BCUT2D eigenvalue weighted by Crippen LogP contribution is 2.29. The number of aromatic nitrogens is 3. The summed E-state index contributed by atoms with van der Waals surface area (Å²) in [5.74, 6) is 0.444. The van der Waals surface area contributed by atoms with Crippen molar-refractivity contribution >= 4 is 17.5 Å². The normalized spacial score (nSPS) is 22.6. The average Bonchev–Trinajstić information content (AvgIpc) is 2.91. The van der Waals surface area contributed by atoms with Crippen LogP contribution in [0.25, 0.3) is 11.4 Å². The number of hydrogen-bond donors (Lipinski definition) is 2. The molecule has 1 aliphatic rings. The maximum absolute atomic E-state index is 13.9. The van der Waals surface area contributed by atoms with E-state index in [2.05, 4.69) is 22.1 Å². The fraction of sp³-hybridized carbons (Fsp3) is 0.429. The van der Waals surface area contributed by atoms with Gasteiger partial charge < -0.3 is 10.6 Å². The Hall–Kier alpha value is -1.66. The van der Waals surface area contributed by atoms with Gasteiger partial charge in [0.25, 0.3) is 0 Å². The van der Waals surface area contributed by atoms with E-state index in [9.17, 15) is 4.39 Å². The lowest BCUT2D eigenvalue weighted by molar-refractivity contribution is 0.416. The van der Waals surface area contributed by atoms with Crippen LogP contribution in [0.4, 0.5) is 10.3 Å². The summed E-state index contributed by atoms with van der Waals surface area (Å²) in [4.78, 5) is 6.43. The SMILES string of the molecule is CC1C(N)CCCN1c1n[nH]c(-c2c(F)cccc2Cl)n1. The van der Waals surface area contributed by atoms with Crippen molar-refractivity contribution in [3.8, 4) is 11.4 Å². The molecule has 0 saturated carbocycles. The highest BCUT2D eigenvalue weighted by Gasteiger charge is 2.28. The van der Waals surface area contributed by atoms with Crippen molar-refractivity contribution in [1.82, 2.24) is 15.2 Å². The van der Waals surface area contributed by atoms with E-state index in [1.807, 2.05) is 4.90 Å². The van der Waals surface area contributed by atoms with Gasteiger partial charge in [-0.25, -0.2) is 4.39 Å². The van der Waals surface area contributed by atoms with Gasteiger partial charge in [0.1, 0.15) is 5.82 Å². The van der Waals surface area contributed by atoms with E-state index < -0.39 is 5.82 Å². The van der Waals surface area contributed by atoms with Crippen LogP contribution >= 0.6 is 11.6 Å². The lowest BCUT2D eigenvalue weighted by atomic mass is 9.99. The molecule has 3 rings (SSSR count). The number of benzene rings is 1. The van der Waals surface area contributed by atoms with Crippen LogP contribution < -0.4 is 10.6 Å². The average molecular weight is 310 g/mol. The van der Waals surface area contributed by atoms with Gasteiger partial charge in [-0.1, -0.05) is 17.7 Å². The van der Waals surface area contributed by atoms with E-state index in [0.29, 0.717) is 16.8 Å². The first-order valence-corrected chi connectivity index (χ1v) is 7.34. The number of halogens is 2. The molecule has 1 aromatic heterocycles. The molecule has 0 bridgehead atoms. The Labute approximate surface area is 127 Å². The molecule has 1 aliphatic heterocycles. The van der Waals surface area contributed by atoms with Crippen LogP contribution in [-0.2, 0) is 0 Å². The third kappa shape index (κ3) is 2.61. The standard InChI is InChI=1S/C14H17ClFN5/c1-8-11(17)6-3-7-21(8)14-18-13(19-20-14)12-9(15)4-2-5-10(12)16/h2,4-5,8,11H,3,6-7,17H2,1H3,(H,18,19,20). The molecule has 1 saturated heterocycles. The van der Waals surface area contributed by atoms with Gasteiger partial charge in [0.15, 0.2) is 5.82 Å². The molecule has 0 amide bonds. The number of nitrogens with two attached hydrogens (primary N) is 1. The van der Waals surface area contributed by atoms with Crippen LogP contribution in [0.3, 0.4) is 0 Å². The summed E-state index contributed by atoms with van der Waals surface area (Å²) in [6, 6.07) is 4.78. The van der Waals surface area contributed by atoms with Gasteiger partial charge in [-0.2, -0.15) is 4.98 Å². The van der Waals surface area contributed by atoms with Gasteiger partial charge in [-0.3, -0.25) is 5.10 Å². The predicted octanol–water partition coefficient (Wildman–Crippen LogP) is 2.58. The fourth-order valence-electron chi connectivity index (χ4n) is 2.67. The van der Waals surface area contributed by atoms with Crippen LogP contribution in [0.1, 0.15) is 19.8 Å². The smallest absolute Gasteiger partial charge is 0.245 e. The molecule has 1 aromatic carbocycles. The summed E-state index contributed by atoms with van der Waals surface area (Å²) in [6.45, 7) is 2.90. The zero-order valence-electron chi connectivity index (χ0n) is 11.7. The fourth-order valence-corrected chi connectivity index (χ4v) is 2.93. The van der Waals surface area contributed by atoms with Crippen molar-refractivity contribution in [3.05, 3.63) is 29.0 Å². The minimum absolute atomic E-state index is 0.0951. The summed E-state index contributed by atoms with van der Waals surface area (Å²) < 4.78 is 13.9. The maximum atomic E-state index is 13.9. The first-order chi connectivity index (χ1) is 10.1. The van der Waals surface area contributed by atoms with Gasteiger partial charge in [-0.15, -0.1) is 5.10 Å². The first kappa shape index (κ1) is 14.3. The molecule has 3 N–H and O–H groups in total. The van der Waals surface area contributed by atoms with Crippen molar-refractivity contribution in [1.29, 1.82) is 0 Å². The number of piperidine rings is 1. The molecule has 7 heteroatoms. The van der Waals surface area contributed by atoms with E-state index in [4.69, 9.17) is 17.3 Å². The zero-order chi connectivity index (χ0) is 15.0. The van der Waals surface area contributed by atoms with Gasteiger partial charge in [0.05, 0.1) is 10.6 Å². The van der Waals surface area contributed by atoms with Crippen molar-refractivity contribution < 1.29 is 4.39 Å². The van der Waals surface area contributed by atoms with Crippen molar-refractivity contribution in [2.45, 2.75) is 31.8 Å². The summed E-state index contributed by atoms with van der Waals surface area (Å²) in [7, 11) is 0.